The third kappa shape index (κ3) is 3.47. The first-order valence-electron chi connectivity index (χ1n) is 7.62. The lowest BCUT2D eigenvalue weighted by molar-refractivity contribution is -0.143. The van der Waals surface area contributed by atoms with E-state index in [1.54, 1.807) is 24.4 Å². The third-order valence-electron chi connectivity index (χ3n) is 3.79. The Kier molecular flexibility index (Phi) is 4.81. The summed E-state index contributed by atoms with van der Waals surface area (Å²) < 4.78 is 13.5. The van der Waals surface area contributed by atoms with E-state index in [0.717, 1.165) is 15.8 Å². The number of anilines is 1. The van der Waals surface area contributed by atoms with Crippen LogP contribution in [0.15, 0.2) is 35.7 Å². The van der Waals surface area contributed by atoms with Gasteiger partial charge in [0.1, 0.15) is 12.4 Å². The number of nitrogens with one attached hydrogen (secondary N) is 1. The number of carbonyl (C=O) groups is 4. The van der Waals surface area contributed by atoms with Gasteiger partial charge >= 0.3 is 17.8 Å². The summed E-state index contributed by atoms with van der Waals surface area (Å²) in [5.74, 6) is -3.23. The number of amides is 5. The first-order chi connectivity index (χ1) is 12.4. The Morgan fingerprint density at radius 2 is 1.88 bits per heavy atom. The van der Waals surface area contributed by atoms with Crippen molar-refractivity contribution in [3.8, 4) is 0 Å². The SMILES string of the molecule is Cc1ccc(NC(=O)CN2C(=O)C(=O)N(Cc3cccs3)C2=O)cc1F. The van der Waals surface area contributed by atoms with Gasteiger partial charge in [-0.05, 0) is 36.1 Å². The van der Waals surface area contributed by atoms with E-state index < -0.39 is 36.1 Å². The fourth-order valence-corrected chi connectivity index (χ4v) is 3.10. The minimum atomic E-state index is -1.06. The van der Waals surface area contributed by atoms with Crippen molar-refractivity contribution in [1.82, 2.24) is 9.80 Å². The van der Waals surface area contributed by atoms with Crippen LogP contribution in [-0.2, 0) is 20.9 Å². The third-order valence-corrected chi connectivity index (χ3v) is 4.65. The van der Waals surface area contributed by atoms with E-state index in [-0.39, 0.29) is 12.2 Å². The average Bonchev–Trinajstić information content (AvgIpc) is 3.18. The molecule has 0 atom stereocenters. The molecule has 5 amide bonds. The number of rotatable bonds is 5. The quantitative estimate of drug-likeness (QED) is 0.641. The fraction of sp³-hybridized carbons (Fsp3) is 0.176. The largest absolute Gasteiger partial charge is 0.335 e. The van der Waals surface area contributed by atoms with E-state index in [1.807, 2.05) is 0 Å². The monoisotopic (exact) mass is 375 g/mol. The van der Waals surface area contributed by atoms with Crippen molar-refractivity contribution in [2.24, 2.45) is 0 Å². The van der Waals surface area contributed by atoms with E-state index >= 15 is 0 Å². The van der Waals surface area contributed by atoms with Crippen LogP contribution in [-0.4, -0.2) is 40.1 Å². The lowest BCUT2D eigenvalue weighted by Gasteiger charge is -2.15. The zero-order chi connectivity index (χ0) is 18.8. The molecule has 0 aliphatic carbocycles. The molecule has 26 heavy (non-hydrogen) atoms. The Balaban J connectivity index is 1.67. The van der Waals surface area contributed by atoms with Crippen LogP contribution in [0.1, 0.15) is 10.4 Å². The molecule has 1 aromatic heterocycles. The zero-order valence-corrected chi connectivity index (χ0v) is 14.5. The lowest BCUT2D eigenvalue weighted by Crippen LogP contribution is -2.38. The number of aryl methyl sites for hydroxylation is 1. The van der Waals surface area contributed by atoms with Crippen molar-refractivity contribution in [2.45, 2.75) is 13.5 Å². The molecular weight excluding hydrogens is 361 g/mol. The highest BCUT2D eigenvalue weighted by molar-refractivity contribution is 7.09. The van der Waals surface area contributed by atoms with Crippen molar-refractivity contribution < 1.29 is 23.6 Å². The summed E-state index contributed by atoms with van der Waals surface area (Å²) in [4.78, 5) is 50.5. The number of carbonyl (C=O) groups excluding carboxylic acids is 4. The molecule has 0 radical (unpaired) electrons. The maximum absolute atomic E-state index is 13.5. The van der Waals surface area contributed by atoms with Crippen LogP contribution in [0.2, 0.25) is 0 Å². The van der Waals surface area contributed by atoms with Gasteiger partial charge in [-0.1, -0.05) is 12.1 Å². The molecule has 0 spiro atoms. The van der Waals surface area contributed by atoms with Gasteiger partial charge in [0, 0.05) is 10.6 Å². The molecule has 1 fully saturated rings. The van der Waals surface area contributed by atoms with Crippen molar-refractivity contribution in [2.75, 3.05) is 11.9 Å². The molecule has 0 saturated carbocycles. The highest BCUT2D eigenvalue weighted by Gasteiger charge is 2.45. The minimum absolute atomic E-state index is 0.0254. The van der Waals surface area contributed by atoms with Gasteiger partial charge in [0.25, 0.3) is 0 Å². The van der Waals surface area contributed by atoms with Gasteiger partial charge in [-0.25, -0.2) is 14.1 Å². The second-order valence-electron chi connectivity index (χ2n) is 5.66. The maximum atomic E-state index is 13.5. The van der Waals surface area contributed by atoms with Crippen molar-refractivity contribution in [1.29, 1.82) is 0 Å². The lowest BCUT2D eigenvalue weighted by atomic mass is 10.2. The summed E-state index contributed by atoms with van der Waals surface area (Å²) in [5, 5.41) is 4.19. The van der Waals surface area contributed by atoms with Crippen LogP contribution in [0.4, 0.5) is 14.9 Å². The number of hydrogen-bond acceptors (Lipinski definition) is 5. The normalized spacial score (nSPS) is 14.3. The smallest absolute Gasteiger partial charge is 0.324 e. The molecule has 1 aliphatic heterocycles. The number of thiophene rings is 1. The zero-order valence-electron chi connectivity index (χ0n) is 13.7. The van der Waals surface area contributed by atoms with Gasteiger partial charge in [0.2, 0.25) is 5.91 Å². The number of hydrogen-bond donors (Lipinski definition) is 1. The summed E-state index contributed by atoms with van der Waals surface area (Å²) in [6, 6.07) is 6.77. The summed E-state index contributed by atoms with van der Waals surface area (Å²) in [6.45, 7) is 0.929. The van der Waals surface area contributed by atoms with E-state index in [1.165, 1.54) is 23.5 Å². The number of imide groups is 2. The van der Waals surface area contributed by atoms with E-state index in [0.29, 0.717) is 10.5 Å². The Labute approximate surface area is 152 Å². The van der Waals surface area contributed by atoms with Crippen molar-refractivity contribution in [3.63, 3.8) is 0 Å². The molecule has 0 unspecified atom stereocenters. The molecule has 1 N–H and O–H groups in total. The van der Waals surface area contributed by atoms with Crippen LogP contribution in [0.5, 0.6) is 0 Å². The Morgan fingerprint density at radius 3 is 2.54 bits per heavy atom. The standard InChI is InChI=1S/C17H14FN3O4S/c1-10-4-5-11(7-13(10)18)19-14(22)9-21-16(24)15(23)20(17(21)25)8-12-3-2-6-26-12/h2-7H,8-9H2,1H3,(H,19,22). The molecule has 1 saturated heterocycles. The average molecular weight is 375 g/mol. The van der Waals surface area contributed by atoms with Crippen LogP contribution >= 0.6 is 11.3 Å². The van der Waals surface area contributed by atoms with E-state index in [2.05, 4.69) is 5.32 Å². The van der Waals surface area contributed by atoms with Crippen molar-refractivity contribution in [3.05, 3.63) is 52.0 Å². The highest BCUT2D eigenvalue weighted by Crippen LogP contribution is 2.19. The summed E-state index contributed by atoms with van der Waals surface area (Å²) >= 11 is 1.34. The van der Waals surface area contributed by atoms with Gasteiger partial charge in [0.05, 0.1) is 6.54 Å². The summed E-state index contributed by atoms with van der Waals surface area (Å²) in [7, 11) is 0. The minimum Gasteiger partial charge on any atom is -0.324 e. The van der Waals surface area contributed by atoms with E-state index in [9.17, 15) is 23.6 Å². The summed E-state index contributed by atoms with van der Waals surface area (Å²) in [6.07, 6.45) is 0. The van der Waals surface area contributed by atoms with Gasteiger partial charge in [-0.2, -0.15) is 0 Å². The van der Waals surface area contributed by atoms with Gasteiger partial charge < -0.3 is 5.32 Å². The molecule has 7 nitrogen and oxygen atoms in total. The first kappa shape index (κ1) is 17.7. The highest BCUT2D eigenvalue weighted by atomic mass is 32.1. The Morgan fingerprint density at radius 1 is 1.15 bits per heavy atom. The van der Waals surface area contributed by atoms with Crippen molar-refractivity contribution >= 4 is 40.8 Å². The molecule has 0 bridgehead atoms. The fourth-order valence-electron chi connectivity index (χ4n) is 2.40. The molecular formula is C17H14FN3O4S. The first-order valence-corrected chi connectivity index (χ1v) is 8.50. The molecule has 1 aliphatic rings. The Hall–Kier alpha value is -3.07. The number of urea groups is 1. The molecule has 9 heteroatoms. The van der Waals surface area contributed by atoms with E-state index in [4.69, 9.17) is 0 Å². The molecule has 2 aromatic rings. The topological polar surface area (TPSA) is 86.8 Å². The second-order valence-corrected chi connectivity index (χ2v) is 6.69. The predicted molar refractivity (Wildman–Crippen MR) is 91.7 cm³/mol. The number of benzene rings is 1. The predicted octanol–water partition coefficient (Wildman–Crippen LogP) is 2.13. The molecule has 3 rings (SSSR count). The van der Waals surface area contributed by atoms with Crippen LogP contribution in [0.25, 0.3) is 0 Å². The number of halogens is 1. The Bertz CT molecular complexity index is 897. The summed E-state index contributed by atoms with van der Waals surface area (Å²) in [5.41, 5.74) is 0.613. The number of nitrogens with zero attached hydrogens (tertiary/aromatic N) is 2. The van der Waals surface area contributed by atoms with Gasteiger partial charge in [-0.3, -0.25) is 19.3 Å². The molecule has 134 valence electrons. The van der Waals surface area contributed by atoms with Crippen LogP contribution in [0, 0.1) is 12.7 Å². The van der Waals surface area contributed by atoms with Crippen LogP contribution in [0.3, 0.4) is 0 Å². The van der Waals surface area contributed by atoms with Gasteiger partial charge in [0.15, 0.2) is 0 Å². The molecule has 2 heterocycles. The van der Waals surface area contributed by atoms with Crippen LogP contribution < -0.4 is 5.32 Å². The van der Waals surface area contributed by atoms with Gasteiger partial charge in [-0.15, -0.1) is 11.3 Å². The maximum Gasteiger partial charge on any atom is 0.335 e. The second kappa shape index (κ2) is 7.04. The molecule has 1 aromatic carbocycles.